The molecule has 35 heavy (non-hydrogen) atoms. The number of anilines is 1. The lowest BCUT2D eigenvalue weighted by Crippen LogP contribution is -2.33. The van der Waals surface area contributed by atoms with E-state index in [2.05, 4.69) is 15.8 Å². The van der Waals surface area contributed by atoms with E-state index in [1.165, 1.54) is 18.3 Å². The van der Waals surface area contributed by atoms with Crippen LogP contribution in [0.4, 0.5) is 10.1 Å². The van der Waals surface area contributed by atoms with Crippen molar-refractivity contribution in [1.29, 1.82) is 0 Å². The molecule has 0 atom stereocenters. The number of hydrogen-bond acceptors (Lipinski definition) is 4. The summed E-state index contributed by atoms with van der Waals surface area (Å²) in [7, 11) is 0. The van der Waals surface area contributed by atoms with Crippen molar-refractivity contribution in [3.8, 4) is 5.75 Å². The first kappa shape index (κ1) is 26.2. The van der Waals surface area contributed by atoms with Gasteiger partial charge in [-0.15, -0.1) is 0 Å². The van der Waals surface area contributed by atoms with Gasteiger partial charge in [0, 0.05) is 21.8 Å². The number of benzene rings is 3. The molecule has 0 aliphatic carbocycles. The zero-order valence-electron chi connectivity index (χ0n) is 19.2. The Morgan fingerprint density at radius 1 is 1.00 bits per heavy atom. The number of aryl methyl sites for hydroxylation is 2. The van der Waals surface area contributed by atoms with Gasteiger partial charge in [-0.2, -0.15) is 5.10 Å². The molecule has 0 saturated carbocycles. The molecule has 0 fully saturated rings. The van der Waals surface area contributed by atoms with Crippen LogP contribution in [-0.2, 0) is 29.0 Å². The summed E-state index contributed by atoms with van der Waals surface area (Å²) in [6.07, 6.45) is 2.70. The van der Waals surface area contributed by atoms with Crippen LogP contribution in [0, 0.1) is 5.82 Å². The van der Waals surface area contributed by atoms with Gasteiger partial charge in [0.15, 0.2) is 0 Å². The Bertz CT molecular complexity index is 1220. The summed E-state index contributed by atoms with van der Waals surface area (Å²) in [4.78, 5) is 24.8. The maximum absolute atomic E-state index is 14.0. The van der Waals surface area contributed by atoms with Gasteiger partial charge in [-0.1, -0.05) is 61.3 Å². The monoisotopic (exact) mass is 515 g/mol. The summed E-state index contributed by atoms with van der Waals surface area (Å²) < 4.78 is 19.7. The average molecular weight is 516 g/mol. The molecule has 9 heteroatoms. The van der Waals surface area contributed by atoms with Gasteiger partial charge >= 0.3 is 11.8 Å². The van der Waals surface area contributed by atoms with Crippen molar-refractivity contribution in [2.75, 3.05) is 5.32 Å². The third kappa shape index (κ3) is 6.81. The van der Waals surface area contributed by atoms with Gasteiger partial charge in [-0.05, 0) is 54.3 Å². The van der Waals surface area contributed by atoms with Gasteiger partial charge in [0.1, 0.15) is 18.2 Å². The van der Waals surface area contributed by atoms with Crippen molar-refractivity contribution in [2.24, 2.45) is 5.10 Å². The van der Waals surface area contributed by atoms with E-state index in [9.17, 15) is 14.0 Å². The van der Waals surface area contributed by atoms with Gasteiger partial charge < -0.3 is 10.1 Å². The molecule has 0 radical (unpaired) electrons. The molecule has 0 bridgehead atoms. The second-order valence-electron chi connectivity index (χ2n) is 7.48. The lowest BCUT2D eigenvalue weighted by Gasteiger charge is -2.13. The van der Waals surface area contributed by atoms with Crippen molar-refractivity contribution < 1.29 is 18.7 Å². The molecule has 0 aliphatic heterocycles. The highest BCUT2D eigenvalue weighted by Crippen LogP contribution is 2.25. The molecule has 2 N–H and O–H groups in total. The first-order valence-electron chi connectivity index (χ1n) is 10.9. The van der Waals surface area contributed by atoms with E-state index in [1.807, 2.05) is 32.0 Å². The van der Waals surface area contributed by atoms with Crippen molar-refractivity contribution >= 4 is 46.9 Å². The van der Waals surface area contributed by atoms with Crippen molar-refractivity contribution in [3.05, 3.63) is 92.7 Å². The number of carbonyl (C=O) groups excluding carboxylic acids is 2. The third-order valence-corrected chi connectivity index (χ3v) is 5.81. The number of nitrogens with one attached hydrogen (secondary N) is 2. The van der Waals surface area contributed by atoms with Crippen LogP contribution < -0.4 is 15.5 Å². The molecular weight excluding hydrogens is 492 g/mol. The number of para-hydroxylation sites is 1. The Balaban J connectivity index is 1.69. The van der Waals surface area contributed by atoms with E-state index in [0.29, 0.717) is 34.9 Å². The van der Waals surface area contributed by atoms with Crippen molar-refractivity contribution in [3.63, 3.8) is 0 Å². The number of halogens is 3. The Morgan fingerprint density at radius 2 is 1.69 bits per heavy atom. The molecule has 3 rings (SSSR count). The summed E-state index contributed by atoms with van der Waals surface area (Å²) in [5.74, 6) is -1.93. The number of hydrazone groups is 1. The molecule has 0 heterocycles. The van der Waals surface area contributed by atoms with Crippen LogP contribution >= 0.6 is 23.2 Å². The fourth-order valence-corrected chi connectivity index (χ4v) is 3.75. The first-order valence-corrected chi connectivity index (χ1v) is 11.7. The van der Waals surface area contributed by atoms with Crippen molar-refractivity contribution in [2.45, 2.75) is 33.3 Å². The zero-order valence-corrected chi connectivity index (χ0v) is 20.7. The number of hydrogen-bond donors (Lipinski definition) is 2. The number of rotatable bonds is 8. The smallest absolute Gasteiger partial charge is 0.329 e. The molecule has 0 spiro atoms. The number of amides is 2. The van der Waals surface area contributed by atoms with E-state index in [-0.39, 0.29) is 17.2 Å². The number of carbonyl (C=O) groups is 2. The molecule has 0 saturated heterocycles. The minimum atomic E-state index is -0.933. The summed E-state index contributed by atoms with van der Waals surface area (Å²) in [6.45, 7) is 3.82. The predicted octanol–water partition coefficient (Wildman–Crippen LogP) is 5.93. The summed E-state index contributed by atoms with van der Waals surface area (Å²) in [5, 5.41) is 7.17. The van der Waals surface area contributed by atoms with Crippen LogP contribution in [0.1, 0.15) is 36.1 Å². The molecule has 0 unspecified atom stereocenters. The molecule has 6 nitrogen and oxygen atoms in total. The summed E-state index contributed by atoms with van der Waals surface area (Å²) >= 11 is 12.1. The Morgan fingerprint density at radius 3 is 2.34 bits per heavy atom. The van der Waals surface area contributed by atoms with Crippen LogP contribution in [0.15, 0.2) is 59.7 Å². The van der Waals surface area contributed by atoms with E-state index in [0.717, 1.165) is 11.1 Å². The Hall–Kier alpha value is -3.42. The predicted molar refractivity (Wildman–Crippen MR) is 137 cm³/mol. The van der Waals surface area contributed by atoms with E-state index >= 15 is 0 Å². The van der Waals surface area contributed by atoms with Gasteiger partial charge in [-0.3, -0.25) is 9.59 Å². The number of ether oxygens (including phenoxy) is 1. The van der Waals surface area contributed by atoms with Gasteiger partial charge in [0.2, 0.25) is 0 Å². The van der Waals surface area contributed by atoms with Crippen LogP contribution in [0.25, 0.3) is 0 Å². The summed E-state index contributed by atoms with van der Waals surface area (Å²) in [6, 6.07) is 14.8. The Kier molecular flexibility index (Phi) is 9.23. The SMILES string of the molecule is CCc1cccc(CC)c1NC(=O)C(=O)N/N=C\c1cc(Cl)ccc1OCc1c(F)cccc1Cl. The quantitative estimate of drug-likeness (QED) is 0.222. The highest BCUT2D eigenvalue weighted by Gasteiger charge is 2.17. The minimum absolute atomic E-state index is 0.126. The molecule has 3 aromatic carbocycles. The molecule has 0 aliphatic rings. The van der Waals surface area contributed by atoms with E-state index < -0.39 is 17.6 Å². The van der Waals surface area contributed by atoms with Crippen LogP contribution in [-0.4, -0.2) is 18.0 Å². The maximum atomic E-state index is 14.0. The highest BCUT2D eigenvalue weighted by atomic mass is 35.5. The van der Waals surface area contributed by atoms with Crippen LogP contribution in [0.2, 0.25) is 10.0 Å². The fourth-order valence-electron chi connectivity index (χ4n) is 3.36. The lowest BCUT2D eigenvalue weighted by atomic mass is 10.0. The number of nitrogens with zero attached hydrogens (tertiary/aromatic N) is 1. The fraction of sp³-hybridized carbons (Fsp3) is 0.192. The third-order valence-electron chi connectivity index (χ3n) is 5.22. The molecular formula is C26H24Cl2FN3O3. The van der Waals surface area contributed by atoms with Gasteiger partial charge in [0.05, 0.1) is 11.2 Å². The van der Waals surface area contributed by atoms with Gasteiger partial charge in [0.25, 0.3) is 0 Å². The van der Waals surface area contributed by atoms with E-state index in [1.54, 1.807) is 24.3 Å². The first-order chi connectivity index (χ1) is 16.8. The average Bonchev–Trinajstić information content (AvgIpc) is 2.84. The van der Waals surface area contributed by atoms with E-state index in [4.69, 9.17) is 27.9 Å². The second-order valence-corrected chi connectivity index (χ2v) is 8.33. The minimum Gasteiger partial charge on any atom is -0.488 e. The topological polar surface area (TPSA) is 79.8 Å². The van der Waals surface area contributed by atoms with Crippen molar-refractivity contribution in [1.82, 2.24) is 5.43 Å². The van der Waals surface area contributed by atoms with Crippen LogP contribution in [0.3, 0.4) is 0 Å². The molecule has 182 valence electrons. The lowest BCUT2D eigenvalue weighted by molar-refractivity contribution is -0.136. The normalized spacial score (nSPS) is 10.9. The molecule has 0 aromatic heterocycles. The summed E-state index contributed by atoms with van der Waals surface area (Å²) in [5.41, 5.74) is 5.33. The molecule has 3 aromatic rings. The van der Waals surface area contributed by atoms with Crippen LogP contribution in [0.5, 0.6) is 5.75 Å². The largest absolute Gasteiger partial charge is 0.488 e. The second kappa shape index (κ2) is 12.3. The zero-order chi connectivity index (χ0) is 25.4. The molecule has 2 amide bonds. The highest BCUT2D eigenvalue weighted by molar-refractivity contribution is 6.39. The van der Waals surface area contributed by atoms with Gasteiger partial charge in [-0.25, -0.2) is 9.82 Å². The standard InChI is InChI=1S/C26H24Cl2FN3O3/c1-3-16-7-5-8-17(4-2)24(16)31-25(33)26(34)32-30-14-18-13-19(27)11-12-23(18)35-15-20-21(28)9-6-10-22(20)29/h5-14H,3-4,15H2,1-2H3,(H,31,33)(H,32,34)/b30-14-. The Labute approximate surface area is 213 Å². The maximum Gasteiger partial charge on any atom is 0.329 e.